The number of nitrogens with zero attached hydrogens (tertiary/aromatic N) is 2. The summed E-state index contributed by atoms with van der Waals surface area (Å²) in [5.41, 5.74) is 3.10. The van der Waals surface area contributed by atoms with Crippen LogP contribution in [0.3, 0.4) is 0 Å². The first-order chi connectivity index (χ1) is 8.69. The van der Waals surface area contributed by atoms with Crippen molar-refractivity contribution < 1.29 is 0 Å². The molecule has 0 aliphatic carbocycles. The molecule has 0 saturated heterocycles. The standard InChI is InChI=1S/C14H17N3O/c1-3-17-10-13(6-7-14(17)18)16-9-12-5-4-11(2)15-8-12/h4-8,10,16H,3,9H2,1-2H3. The second-order valence-corrected chi connectivity index (χ2v) is 4.20. The van der Waals surface area contributed by atoms with E-state index in [9.17, 15) is 4.79 Å². The second-order valence-electron chi connectivity index (χ2n) is 4.20. The van der Waals surface area contributed by atoms with E-state index in [2.05, 4.69) is 10.3 Å². The van der Waals surface area contributed by atoms with Gasteiger partial charge in [0, 0.05) is 37.2 Å². The predicted octanol–water partition coefficient (Wildman–Crippen LogP) is 2.18. The maximum Gasteiger partial charge on any atom is 0.250 e. The van der Waals surface area contributed by atoms with Gasteiger partial charge in [-0.1, -0.05) is 6.07 Å². The minimum atomic E-state index is 0.0278. The molecule has 1 N–H and O–H groups in total. The topological polar surface area (TPSA) is 46.9 Å². The SMILES string of the molecule is CCn1cc(NCc2ccc(C)nc2)ccc1=O. The Bertz CT molecular complexity index is 572. The zero-order chi connectivity index (χ0) is 13.0. The van der Waals surface area contributed by atoms with E-state index in [1.807, 2.05) is 38.4 Å². The molecule has 4 heteroatoms. The molecule has 0 amide bonds. The number of hydrogen-bond acceptors (Lipinski definition) is 3. The second kappa shape index (κ2) is 5.49. The lowest BCUT2D eigenvalue weighted by Crippen LogP contribution is -2.17. The van der Waals surface area contributed by atoms with Gasteiger partial charge in [-0.2, -0.15) is 0 Å². The largest absolute Gasteiger partial charge is 0.380 e. The Labute approximate surface area is 106 Å². The first kappa shape index (κ1) is 12.4. The third-order valence-corrected chi connectivity index (χ3v) is 2.79. The van der Waals surface area contributed by atoms with Crippen LogP contribution in [-0.2, 0) is 13.1 Å². The number of nitrogens with one attached hydrogen (secondary N) is 1. The van der Waals surface area contributed by atoms with Gasteiger partial charge in [0.25, 0.3) is 5.56 Å². The highest BCUT2D eigenvalue weighted by Gasteiger charge is 1.98. The van der Waals surface area contributed by atoms with E-state index < -0.39 is 0 Å². The summed E-state index contributed by atoms with van der Waals surface area (Å²) in [6, 6.07) is 7.42. The molecule has 0 atom stereocenters. The van der Waals surface area contributed by atoms with Crippen molar-refractivity contribution in [2.75, 3.05) is 5.32 Å². The van der Waals surface area contributed by atoms with Crippen LogP contribution in [-0.4, -0.2) is 9.55 Å². The number of rotatable bonds is 4. The molecule has 2 aromatic heterocycles. The van der Waals surface area contributed by atoms with Crippen LogP contribution in [0.15, 0.2) is 41.5 Å². The number of pyridine rings is 2. The van der Waals surface area contributed by atoms with Gasteiger partial charge in [0.1, 0.15) is 0 Å². The fraction of sp³-hybridized carbons (Fsp3) is 0.286. The fourth-order valence-electron chi connectivity index (χ4n) is 1.69. The van der Waals surface area contributed by atoms with E-state index in [-0.39, 0.29) is 5.56 Å². The molecule has 2 aromatic rings. The molecule has 0 fully saturated rings. The quantitative estimate of drug-likeness (QED) is 0.895. The van der Waals surface area contributed by atoms with E-state index in [0.29, 0.717) is 13.1 Å². The summed E-state index contributed by atoms with van der Waals surface area (Å²) in [6.07, 6.45) is 3.70. The van der Waals surface area contributed by atoms with Gasteiger partial charge in [-0.25, -0.2) is 0 Å². The predicted molar refractivity (Wildman–Crippen MR) is 72.7 cm³/mol. The molecule has 0 saturated carbocycles. The van der Waals surface area contributed by atoms with E-state index >= 15 is 0 Å². The van der Waals surface area contributed by atoms with Crippen molar-refractivity contribution in [2.24, 2.45) is 0 Å². The Morgan fingerprint density at radius 2 is 2.11 bits per heavy atom. The summed E-state index contributed by atoms with van der Waals surface area (Å²) in [7, 11) is 0. The minimum Gasteiger partial charge on any atom is -0.380 e. The molecule has 0 aliphatic rings. The van der Waals surface area contributed by atoms with Gasteiger partial charge >= 0.3 is 0 Å². The Morgan fingerprint density at radius 3 is 2.78 bits per heavy atom. The van der Waals surface area contributed by atoms with E-state index in [1.165, 1.54) is 0 Å². The van der Waals surface area contributed by atoms with E-state index in [1.54, 1.807) is 16.7 Å². The number of anilines is 1. The van der Waals surface area contributed by atoms with Crippen molar-refractivity contribution in [3.63, 3.8) is 0 Å². The zero-order valence-corrected chi connectivity index (χ0v) is 10.7. The molecule has 2 rings (SSSR count). The lowest BCUT2D eigenvalue weighted by molar-refractivity contribution is 0.727. The molecule has 94 valence electrons. The van der Waals surface area contributed by atoms with Crippen LogP contribution in [0.25, 0.3) is 0 Å². The number of aromatic nitrogens is 2. The number of hydrogen-bond donors (Lipinski definition) is 1. The average molecular weight is 243 g/mol. The van der Waals surface area contributed by atoms with Crippen LogP contribution >= 0.6 is 0 Å². The summed E-state index contributed by atoms with van der Waals surface area (Å²) in [6.45, 7) is 5.30. The maximum absolute atomic E-state index is 11.4. The van der Waals surface area contributed by atoms with Gasteiger partial charge in [0.15, 0.2) is 0 Å². The van der Waals surface area contributed by atoms with E-state index in [4.69, 9.17) is 0 Å². The molecule has 0 aliphatic heterocycles. The highest BCUT2D eigenvalue weighted by Crippen LogP contribution is 2.07. The van der Waals surface area contributed by atoms with Crippen LogP contribution in [0.2, 0.25) is 0 Å². The Kier molecular flexibility index (Phi) is 3.77. The molecular weight excluding hydrogens is 226 g/mol. The molecule has 2 heterocycles. The smallest absolute Gasteiger partial charge is 0.250 e. The lowest BCUT2D eigenvalue weighted by atomic mass is 10.2. The van der Waals surface area contributed by atoms with Crippen molar-refractivity contribution >= 4 is 5.69 Å². The zero-order valence-electron chi connectivity index (χ0n) is 10.7. The van der Waals surface area contributed by atoms with Crippen LogP contribution in [0.1, 0.15) is 18.2 Å². The molecule has 0 radical (unpaired) electrons. The van der Waals surface area contributed by atoms with Crippen LogP contribution in [0.5, 0.6) is 0 Å². The molecule has 4 nitrogen and oxygen atoms in total. The first-order valence-corrected chi connectivity index (χ1v) is 6.05. The van der Waals surface area contributed by atoms with Gasteiger partial charge < -0.3 is 9.88 Å². The third-order valence-electron chi connectivity index (χ3n) is 2.79. The van der Waals surface area contributed by atoms with E-state index in [0.717, 1.165) is 16.9 Å². The first-order valence-electron chi connectivity index (χ1n) is 6.05. The van der Waals surface area contributed by atoms with Crippen LogP contribution < -0.4 is 10.9 Å². The van der Waals surface area contributed by atoms with Crippen molar-refractivity contribution in [3.8, 4) is 0 Å². The van der Waals surface area contributed by atoms with Crippen molar-refractivity contribution in [2.45, 2.75) is 26.9 Å². The summed E-state index contributed by atoms with van der Waals surface area (Å²) in [5, 5.41) is 3.28. The van der Waals surface area contributed by atoms with Crippen molar-refractivity contribution in [3.05, 3.63) is 58.3 Å². The third kappa shape index (κ3) is 2.97. The molecule has 0 unspecified atom stereocenters. The van der Waals surface area contributed by atoms with Crippen molar-refractivity contribution in [1.82, 2.24) is 9.55 Å². The normalized spacial score (nSPS) is 10.3. The number of aryl methyl sites for hydroxylation is 2. The summed E-state index contributed by atoms with van der Waals surface area (Å²) in [4.78, 5) is 15.7. The van der Waals surface area contributed by atoms with Crippen LogP contribution in [0, 0.1) is 6.92 Å². The Morgan fingerprint density at radius 1 is 1.28 bits per heavy atom. The highest BCUT2D eigenvalue weighted by atomic mass is 16.1. The van der Waals surface area contributed by atoms with Gasteiger partial charge in [-0.3, -0.25) is 9.78 Å². The monoisotopic (exact) mass is 243 g/mol. The molecule has 0 bridgehead atoms. The summed E-state index contributed by atoms with van der Waals surface area (Å²) < 4.78 is 1.68. The fourth-order valence-corrected chi connectivity index (χ4v) is 1.69. The maximum atomic E-state index is 11.4. The molecular formula is C14H17N3O. The van der Waals surface area contributed by atoms with Crippen molar-refractivity contribution in [1.29, 1.82) is 0 Å². The van der Waals surface area contributed by atoms with Crippen LogP contribution in [0.4, 0.5) is 5.69 Å². The minimum absolute atomic E-state index is 0.0278. The van der Waals surface area contributed by atoms with Gasteiger partial charge in [-0.15, -0.1) is 0 Å². The molecule has 0 spiro atoms. The molecule has 18 heavy (non-hydrogen) atoms. The van der Waals surface area contributed by atoms with Gasteiger partial charge in [-0.05, 0) is 31.5 Å². The lowest BCUT2D eigenvalue weighted by Gasteiger charge is -2.08. The Balaban J connectivity index is 2.06. The van der Waals surface area contributed by atoms with Gasteiger partial charge in [0.2, 0.25) is 0 Å². The molecule has 0 aromatic carbocycles. The highest BCUT2D eigenvalue weighted by molar-refractivity contribution is 5.40. The Hall–Kier alpha value is -2.10. The summed E-state index contributed by atoms with van der Waals surface area (Å²) >= 11 is 0. The van der Waals surface area contributed by atoms with Gasteiger partial charge in [0.05, 0.1) is 5.69 Å². The summed E-state index contributed by atoms with van der Waals surface area (Å²) in [5.74, 6) is 0. The average Bonchev–Trinajstić information content (AvgIpc) is 2.39.